The molecule has 35 heavy (non-hydrogen) atoms. The lowest BCUT2D eigenvalue weighted by molar-refractivity contribution is 0.0497. The van der Waals surface area contributed by atoms with Gasteiger partial charge in [0.1, 0.15) is 11.6 Å². The smallest absolute Gasteiger partial charge is 0.338 e. The van der Waals surface area contributed by atoms with Crippen LogP contribution in [0.3, 0.4) is 0 Å². The van der Waals surface area contributed by atoms with E-state index in [0.717, 1.165) is 43.3 Å². The summed E-state index contributed by atoms with van der Waals surface area (Å²) in [5, 5.41) is 0. The summed E-state index contributed by atoms with van der Waals surface area (Å²) >= 11 is 0. The summed E-state index contributed by atoms with van der Waals surface area (Å²) in [6, 6.07) is 4.82. The van der Waals surface area contributed by atoms with Gasteiger partial charge in [0, 0.05) is 0 Å². The van der Waals surface area contributed by atoms with Gasteiger partial charge in [-0.25, -0.2) is 9.18 Å². The van der Waals surface area contributed by atoms with Crippen molar-refractivity contribution in [3.05, 3.63) is 58.2 Å². The van der Waals surface area contributed by atoms with Crippen molar-refractivity contribution < 1.29 is 18.7 Å². The molecule has 1 aromatic carbocycles. The third kappa shape index (κ3) is 7.81. The van der Waals surface area contributed by atoms with E-state index in [1.807, 2.05) is 6.92 Å². The number of allylic oxidation sites excluding steroid dienone is 4. The number of rotatable bonds is 13. The van der Waals surface area contributed by atoms with Crippen LogP contribution in [0.15, 0.2) is 47.1 Å². The average molecular weight is 485 g/mol. The average Bonchev–Trinajstić information content (AvgIpc) is 2.81. The van der Waals surface area contributed by atoms with Crippen molar-refractivity contribution in [2.45, 2.75) is 99.3 Å². The highest BCUT2D eigenvalue weighted by Gasteiger charge is 2.31. The van der Waals surface area contributed by atoms with Gasteiger partial charge < -0.3 is 9.47 Å². The lowest BCUT2D eigenvalue weighted by Crippen LogP contribution is -2.22. The molecule has 1 aliphatic carbocycles. The van der Waals surface area contributed by atoms with Gasteiger partial charge in [0.15, 0.2) is 0 Å². The van der Waals surface area contributed by atoms with Crippen LogP contribution in [0.5, 0.6) is 5.75 Å². The van der Waals surface area contributed by atoms with Crippen LogP contribution in [0.1, 0.15) is 115 Å². The molecular formula is C31H45FO3. The maximum atomic E-state index is 15.8. The molecule has 0 bridgehead atoms. The fourth-order valence-electron chi connectivity index (χ4n) is 5.05. The molecule has 0 saturated carbocycles. The molecule has 0 heterocycles. The minimum absolute atomic E-state index is 0.0344. The van der Waals surface area contributed by atoms with Crippen LogP contribution in [-0.4, -0.2) is 19.2 Å². The van der Waals surface area contributed by atoms with Crippen LogP contribution in [0, 0.1) is 5.41 Å². The Hall–Kier alpha value is -2.36. The number of unbranched alkanes of at least 4 members (excludes halogenated alkanes) is 5. The van der Waals surface area contributed by atoms with Crippen molar-refractivity contribution in [3.63, 3.8) is 0 Å². The van der Waals surface area contributed by atoms with Crippen LogP contribution in [-0.2, 0) is 4.74 Å². The maximum absolute atomic E-state index is 15.8. The van der Waals surface area contributed by atoms with Gasteiger partial charge in [0.05, 0.1) is 24.3 Å². The lowest BCUT2D eigenvalue weighted by Gasteiger charge is -2.36. The van der Waals surface area contributed by atoms with Gasteiger partial charge in [-0.05, 0) is 86.8 Å². The first-order valence-electron chi connectivity index (χ1n) is 13.3. The zero-order chi connectivity index (χ0) is 26.0. The second kappa shape index (κ2) is 13.7. The molecule has 0 fully saturated rings. The molecule has 0 spiro atoms. The molecule has 2 rings (SSSR count). The summed E-state index contributed by atoms with van der Waals surface area (Å²) in [5.74, 6) is -0.423. The summed E-state index contributed by atoms with van der Waals surface area (Å²) in [7, 11) is 0. The third-order valence-corrected chi connectivity index (χ3v) is 7.03. The molecule has 0 saturated heterocycles. The van der Waals surface area contributed by atoms with E-state index in [4.69, 9.17) is 9.47 Å². The zero-order valence-corrected chi connectivity index (χ0v) is 22.8. The number of ether oxygens (including phenoxy) is 2. The van der Waals surface area contributed by atoms with E-state index in [1.165, 1.54) is 31.3 Å². The van der Waals surface area contributed by atoms with Crippen molar-refractivity contribution in [2.24, 2.45) is 5.41 Å². The number of carbonyl (C=O) groups is 1. The highest BCUT2D eigenvalue weighted by atomic mass is 19.1. The number of hydrogen-bond acceptors (Lipinski definition) is 3. The fraction of sp³-hybridized carbons (Fsp3) is 0.581. The van der Waals surface area contributed by atoms with Gasteiger partial charge >= 0.3 is 5.97 Å². The number of halogens is 1. The van der Waals surface area contributed by atoms with Crippen molar-refractivity contribution in [1.29, 1.82) is 0 Å². The monoisotopic (exact) mass is 484 g/mol. The molecule has 4 heteroatoms. The van der Waals surface area contributed by atoms with Crippen LogP contribution >= 0.6 is 0 Å². The number of carbonyl (C=O) groups excluding carboxylic acids is 1. The van der Waals surface area contributed by atoms with Gasteiger partial charge in [0.25, 0.3) is 0 Å². The molecular weight excluding hydrogens is 439 g/mol. The molecule has 1 aliphatic rings. The zero-order valence-electron chi connectivity index (χ0n) is 22.8. The number of esters is 1. The van der Waals surface area contributed by atoms with Gasteiger partial charge in [-0.15, -0.1) is 0 Å². The standard InChI is InChI=1S/C31H45FO3/c1-8-10-11-12-13-14-20-35-30(33)25-17-18-26(27(21-25)34-9-2)29(32)24(5)23(4)28-22(3)16-15-19-31(28,6)7/h17-18,21H,4,8-16,19-20H2,1-3,5-7H3. The third-order valence-electron chi connectivity index (χ3n) is 7.03. The molecule has 0 aliphatic heterocycles. The summed E-state index contributed by atoms with van der Waals surface area (Å²) in [5.41, 5.74) is 4.37. The Labute approximate surface area is 212 Å². The Morgan fingerprint density at radius 1 is 1.11 bits per heavy atom. The lowest BCUT2D eigenvalue weighted by atomic mass is 9.69. The quantitative estimate of drug-likeness (QED) is 0.159. The Kier molecular flexibility index (Phi) is 11.3. The van der Waals surface area contributed by atoms with E-state index >= 15 is 4.39 Å². The van der Waals surface area contributed by atoms with E-state index < -0.39 is 5.97 Å². The van der Waals surface area contributed by atoms with E-state index in [9.17, 15) is 4.79 Å². The van der Waals surface area contributed by atoms with Crippen LogP contribution < -0.4 is 4.74 Å². The Morgan fingerprint density at radius 2 is 1.80 bits per heavy atom. The van der Waals surface area contributed by atoms with Gasteiger partial charge in [-0.2, -0.15) is 0 Å². The molecule has 0 atom stereocenters. The topological polar surface area (TPSA) is 35.5 Å². The highest BCUT2D eigenvalue weighted by molar-refractivity contribution is 5.91. The maximum Gasteiger partial charge on any atom is 0.338 e. The minimum Gasteiger partial charge on any atom is -0.493 e. The summed E-state index contributed by atoms with van der Waals surface area (Å²) in [4.78, 5) is 12.6. The Bertz CT molecular complexity index is 952. The van der Waals surface area contributed by atoms with Gasteiger partial charge in [-0.1, -0.05) is 65.0 Å². The summed E-state index contributed by atoms with van der Waals surface area (Å²) in [6.07, 6.45) is 10.00. The van der Waals surface area contributed by atoms with Crippen molar-refractivity contribution in [1.82, 2.24) is 0 Å². The molecule has 0 amide bonds. The first kappa shape index (κ1) is 28.9. The van der Waals surface area contributed by atoms with Crippen LogP contribution in [0.25, 0.3) is 5.83 Å². The van der Waals surface area contributed by atoms with E-state index in [0.29, 0.717) is 35.7 Å². The van der Waals surface area contributed by atoms with Crippen LogP contribution in [0.4, 0.5) is 4.39 Å². The second-order valence-electron chi connectivity index (χ2n) is 10.4. The van der Waals surface area contributed by atoms with E-state index in [1.54, 1.807) is 25.1 Å². The summed E-state index contributed by atoms with van der Waals surface area (Å²) < 4.78 is 27.0. The van der Waals surface area contributed by atoms with E-state index in [-0.39, 0.29) is 11.2 Å². The number of benzene rings is 1. The van der Waals surface area contributed by atoms with E-state index in [2.05, 4.69) is 34.3 Å². The molecule has 1 aromatic rings. The van der Waals surface area contributed by atoms with Gasteiger partial charge in [0.2, 0.25) is 0 Å². The summed E-state index contributed by atoms with van der Waals surface area (Å²) in [6.45, 7) is 17.4. The van der Waals surface area contributed by atoms with Crippen molar-refractivity contribution in [2.75, 3.05) is 13.2 Å². The van der Waals surface area contributed by atoms with Crippen LogP contribution in [0.2, 0.25) is 0 Å². The predicted molar refractivity (Wildman–Crippen MR) is 144 cm³/mol. The van der Waals surface area contributed by atoms with Crippen molar-refractivity contribution in [3.8, 4) is 5.75 Å². The molecule has 0 N–H and O–H groups in total. The first-order valence-corrected chi connectivity index (χ1v) is 13.3. The van der Waals surface area contributed by atoms with Gasteiger partial charge in [-0.3, -0.25) is 0 Å². The fourth-order valence-corrected chi connectivity index (χ4v) is 5.05. The number of hydrogen-bond donors (Lipinski definition) is 0. The van der Waals surface area contributed by atoms with Crippen molar-refractivity contribution >= 4 is 11.8 Å². The highest BCUT2D eigenvalue weighted by Crippen LogP contribution is 2.46. The molecule has 0 radical (unpaired) electrons. The normalized spacial score (nSPS) is 16.1. The second-order valence-corrected chi connectivity index (χ2v) is 10.4. The first-order chi connectivity index (χ1) is 16.6. The minimum atomic E-state index is -0.402. The predicted octanol–water partition coefficient (Wildman–Crippen LogP) is 9.39. The molecule has 194 valence electrons. The largest absolute Gasteiger partial charge is 0.493 e. The molecule has 3 nitrogen and oxygen atoms in total. The molecule has 0 unspecified atom stereocenters. The Morgan fingerprint density at radius 3 is 2.46 bits per heavy atom. The SMILES string of the molecule is C=C(C(C)=C(F)c1ccc(C(=O)OCCCCCCCC)cc1OCC)C1=C(C)CCCC1(C)C. The Balaban J connectivity index is 2.20. The molecule has 0 aromatic heterocycles.